The molecule has 1 fully saturated rings. The molecule has 170 valence electrons. The van der Waals surface area contributed by atoms with Crippen molar-refractivity contribution in [3.05, 3.63) is 41.5 Å². The number of aryl methyl sites for hydroxylation is 2. The van der Waals surface area contributed by atoms with Crippen LogP contribution in [0.3, 0.4) is 0 Å². The largest absolute Gasteiger partial charge is 0.449 e. The Labute approximate surface area is 180 Å². The zero-order valence-electron chi connectivity index (χ0n) is 17.4. The van der Waals surface area contributed by atoms with Crippen LogP contribution in [0.25, 0.3) is 11.0 Å². The van der Waals surface area contributed by atoms with E-state index in [2.05, 4.69) is 20.4 Å². The van der Waals surface area contributed by atoms with Crippen LogP contribution in [0.5, 0.6) is 0 Å². The van der Waals surface area contributed by atoms with Gasteiger partial charge in [-0.2, -0.15) is 18.3 Å². The molecular weight excluding hydrogens is 429 g/mol. The average Bonchev–Trinajstić information content (AvgIpc) is 3.36. The van der Waals surface area contributed by atoms with E-state index in [0.29, 0.717) is 24.3 Å². The second-order valence-electron chi connectivity index (χ2n) is 7.40. The number of hydrogen-bond acceptors (Lipinski definition) is 5. The number of alkyl halides is 3. The normalized spacial score (nSPS) is 17.0. The van der Waals surface area contributed by atoms with Crippen LogP contribution in [0.2, 0.25) is 0 Å². The first-order valence-electron chi connectivity index (χ1n) is 9.98. The zero-order chi connectivity index (χ0) is 23.0. The number of aromatic amines is 1. The maximum absolute atomic E-state index is 12.9. The second-order valence-corrected chi connectivity index (χ2v) is 7.40. The number of benzene rings is 1. The minimum Gasteiger partial charge on any atom is -0.365 e. The summed E-state index contributed by atoms with van der Waals surface area (Å²) in [6.45, 7) is 4.86. The van der Waals surface area contributed by atoms with Gasteiger partial charge >= 0.3 is 6.18 Å². The number of carbonyl (C=O) groups excluding carboxylic acids is 2. The smallest absolute Gasteiger partial charge is 0.365 e. The van der Waals surface area contributed by atoms with Gasteiger partial charge < -0.3 is 19.9 Å². The number of halogens is 3. The van der Waals surface area contributed by atoms with Crippen molar-refractivity contribution in [1.29, 1.82) is 0 Å². The molecule has 1 aromatic carbocycles. The van der Waals surface area contributed by atoms with E-state index in [9.17, 15) is 22.8 Å². The van der Waals surface area contributed by atoms with Crippen LogP contribution in [0.15, 0.2) is 24.4 Å². The van der Waals surface area contributed by atoms with Crippen LogP contribution < -0.4 is 5.32 Å². The van der Waals surface area contributed by atoms with Crippen molar-refractivity contribution in [2.45, 2.75) is 32.7 Å². The molecule has 3 aromatic rings. The van der Waals surface area contributed by atoms with Gasteiger partial charge in [-0.25, -0.2) is 4.98 Å². The number of rotatable bonds is 4. The van der Waals surface area contributed by atoms with Crippen LogP contribution in [0.1, 0.15) is 28.8 Å². The fraction of sp³-hybridized carbons (Fsp3) is 0.400. The molecule has 1 saturated heterocycles. The Morgan fingerprint density at radius 2 is 2.12 bits per heavy atom. The van der Waals surface area contributed by atoms with Crippen molar-refractivity contribution >= 4 is 28.5 Å². The molecule has 0 saturated carbocycles. The molecule has 3 heterocycles. The lowest BCUT2D eigenvalue weighted by molar-refractivity contribution is -0.144. The zero-order valence-corrected chi connectivity index (χ0v) is 17.4. The molecule has 1 atom stereocenters. The first-order valence-corrected chi connectivity index (χ1v) is 9.98. The third-order valence-electron chi connectivity index (χ3n) is 5.16. The quantitative estimate of drug-likeness (QED) is 0.636. The standard InChI is InChI=1S/C20H21F3N6O3/c1-3-29-9-13(11(2)27-29)18(31)28-6-7-32-16(10-28)17(30)24-12-4-5-14-15(8-12)26-19(25-14)20(21,22)23/h4-5,8-9,16H,3,6-7,10H2,1-2H3,(H,24,30)(H,25,26). The molecule has 0 spiro atoms. The summed E-state index contributed by atoms with van der Waals surface area (Å²) in [4.78, 5) is 32.8. The van der Waals surface area contributed by atoms with Gasteiger partial charge in [0.2, 0.25) is 5.82 Å². The molecular formula is C20H21F3N6O3. The maximum atomic E-state index is 12.9. The number of imidazole rings is 1. The minimum atomic E-state index is -4.60. The topological polar surface area (TPSA) is 105 Å². The number of ether oxygens (including phenoxy) is 1. The third-order valence-corrected chi connectivity index (χ3v) is 5.16. The molecule has 2 N–H and O–H groups in total. The van der Waals surface area contributed by atoms with E-state index in [4.69, 9.17) is 4.74 Å². The summed E-state index contributed by atoms with van der Waals surface area (Å²) in [6.07, 6.45) is -3.84. The Bertz CT molecular complexity index is 1170. The van der Waals surface area contributed by atoms with Crippen LogP contribution in [-0.2, 0) is 22.3 Å². The predicted molar refractivity (Wildman–Crippen MR) is 108 cm³/mol. The highest BCUT2D eigenvalue weighted by molar-refractivity contribution is 5.98. The van der Waals surface area contributed by atoms with E-state index < -0.39 is 24.0 Å². The number of amides is 2. The summed E-state index contributed by atoms with van der Waals surface area (Å²) in [5.74, 6) is -1.84. The van der Waals surface area contributed by atoms with Crippen molar-refractivity contribution in [2.75, 3.05) is 25.0 Å². The highest BCUT2D eigenvalue weighted by Gasteiger charge is 2.35. The Kier molecular flexibility index (Phi) is 5.63. The molecule has 12 heteroatoms. The van der Waals surface area contributed by atoms with Crippen molar-refractivity contribution < 1.29 is 27.5 Å². The number of aromatic nitrogens is 4. The van der Waals surface area contributed by atoms with Crippen molar-refractivity contribution in [3.63, 3.8) is 0 Å². The molecule has 1 aliphatic rings. The van der Waals surface area contributed by atoms with Gasteiger partial charge in [-0.1, -0.05) is 0 Å². The van der Waals surface area contributed by atoms with Crippen molar-refractivity contribution in [3.8, 4) is 0 Å². The SMILES string of the molecule is CCn1cc(C(=O)N2CCOC(C(=O)Nc3ccc4nc(C(F)(F)F)[nH]c4c3)C2)c(C)n1. The molecule has 0 bridgehead atoms. The summed E-state index contributed by atoms with van der Waals surface area (Å²) < 4.78 is 45.7. The number of nitrogens with zero attached hydrogens (tertiary/aromatic N) is 4. The fourth-order valence-electron chi connectivity index (χ4n) is 3.50. The third kappa shape index (κ3) is 4.31. The molecule has 0 radical (unpaired) electrons. The van der Waals surface area contributed by atoms with Gasteiger partial charge in [-0.15, -0.1) is 0 Å². The number of hydrogen-bond donors (Lipinski definition) is 2. The molecule has 32 heavy (non-hydrogen) atoms. The van der Waals surface area contributed by atoms with E-state index in [1.54, 1.807) is 17.8 Å². The summed E-state index contributed by atoms with van der Waals surface area (Å²) in [7, 11) is 0. The van der Waals surface area contributed by atoms with Crippen LogP contribution in [-0.4, -0.2) is 62.3 Å². The van der Waals surface area contributed by atoms with Crippen LogP contribution >= 0.6 is 0 Å². The van der Waals surface area contributed by atoms with Gasteiger partial charge in [0.25, 0.3) is 11.8 Å². The van der Waals surface area contributed by atoms with Gasteiger partial charge in [0.05, 0.1) is 35.4 Å². The fourth-order valence-corrected chi connectivity index (χ4v) is 3.50. The molecule has 1 aliphatic heterocycles. The second kappa shape index (κ2) is 8.26. The summed E-state index contributed by atoms with van der Waals surface area (Å²) in [5.41, 5.74) is 1.63. The Morgan fingerprint density at radius 3 is 2.81 bits per heavy atom. The van der Waals surface area contributed by atoms with Gasteiger partial charge in [-0.05, 0) is 32.0 Å². The first kappa shape index (κ1) is 21.8. The Hall–Kier alpha value is -3.41. The maximum Gasteiger partial charge on any atom is 0.449 e. The number of H-pyrrole nitrogens is 1. The average molecular weight is 450 g/mol. The van der Waals surface area contributed by atoms with Crippen molar-refractivity contribution in [1.82, 2.24) is 24.6 Å². The lowest BCUT2D eigenvalue weighted by Crippen LogP contribution is -2.50. The molecule has 2 aromatic heterocycles. The van der Waals surface area contributed by atoms with Gasteiger partial charge in [0, 0.05) is 25.0 Å². The number of carbonyl (C=O) groups is 2. The Balaban J connectivity index is 1.45. The summed E-state index contributed by atoms with van der Waals surface area (Å²) in [6, 6.07) is 4.20. The lowest BCUT2D eigenvalue weighted by Gasteiger charge is -2.32. The summed E-state index contributed by atoms with van der Waals surface area (Å²) >= 11 is 0. The number of nitrogens with one attached hydrogen (secondary N) is 2. The van der Waals surface area contributed by atoms with Crippen molar-refractivity contribution in [2.24, 2.45) is 0 Å². The van der Waals surface area contributed by atoms with Gasteiger partial charge in [0.15, 0.2) is 6.10 Å². The van der Waals surface area contributed by atoms with E-state index >= 15 is 0 Å². The first-order chi connectivity index (χ1) is 15.2. The van der Waals surface area contributed by atoms with E-state index in [0.717, 1.165) is 0 Å². The van der Waals surface area contributed by atoms with Crippen LogP contribution in [0.4, 0.5) is 18.9 Å². The number of morpholine rings is 1. The molecule has 4 rings (SSSR count). The van der Waals surface area contributed by atoms with Crippen LogP contribution in [0, 0.1) is 6.92 Å². The molecule has 2 amide bonds. The number of anilines is 1. The molecule has 0 aliphatic carbocycles. The monoisotopic (exact) mass is 450 g/mol. The molecule has 1 unspecified atom stereocenters. The predicted octanol–water partition coefficient (Wildman–Crippen LogP) is 2.59. The van der Waals surface area contributed by atoms with E-state index in [1.165, 1.54) is 23.1 Å². The number of fused-ring (bicyclic) bond motifs is 1. The Morgan fingerprint density at radius 1 is 1.34 bits per heavy atom. The lowest BCUT2D eigenvalue weighted by atomic mass is 10.2. The highest BCUT2D eigenvalue weighted by atomic mass is 19.4. The summed E-state index contributed by atoms with van der Waals surface area (Å²) in [5, 5.41) is 6.91. The molecule has 9 nitrogen and oxygen atoms in total. The van der Waals surface area contributed by atoms with Gasteiger partial charge in [0.1, 0.15) is 0 Å². The van der Waals surface area contributed by atoms with E-state index in [1.807, 2.05) is 6.92 Å². The van der Waals surface area contributed by atoms with E-state index in [-0.39, 0.29) is 35.8 Å². The minimum absolute atomic E-state index is 0.0476. The highest BCUT2D eigenvalue weighted by Crippen LogP contribution is 2.29. The van der Waals surface area contributed by atoms with Gasteiger partial charge in [-0.3, -0.25) is 14.3 Å².